The summed E-state index contributed by atoms with van der Waals surface area (Å²) in [5.41, 5.74) is 1.57. The average molecular weight is 481 g/mol. The van der Waals surface area contributed by atoms with E-state index in [4.69, 9.17) is 0 Å². The van der Waals surface area contributed by atoms with Gasteiger partial charge in [0.2, 0.25) is 5.91 Å². The summed E-state index contributed by atoms with van der Waals surface area (Å²) in [5.74, 6) is -0.850. The lowest BCUT2D eigenvalue weighted by atomic mass is 10.1. The van der Waals surface area contributed by atoms with Crippen LogP contribution in [0.5, 0.6) is 0 Å². The van der Waals surface area contributed by atoms with Crippen molar-refractivity contribution in [1.82, 2.24) is 9.80 Å². The Morgan fingerprint density at radius 1 is 0.971 bits per heavy atom. The van der Waals surface area contributed by atoms with E-state index in [1.807, 2.05) is 22.4 Å². The second-order valence-electron chi connectivity index (χ2n) is 7.98. The number of rotatable bonds is 6. The molecule has 7 nitrogen and oxygen atoms in total. The van der Waals surface area contributed by atoms with Gasteiger partial charge in [-0.1, -0.05) is 18.2 Å². The number of halogens is 1. The smallest absolute Gasteiger partial charge is 0.268 e. The molecule has 0 saturated carbocycles. The van der Waals surface area contributed by atoms with Gasteiger partial charge in [0.25, 0.3) is 11.8 Å². The number of para-hydroxylation sites is 1. The zero-order valence-corrected chi connectivity index (χ0v) is 19.6. The molecule has 4 rings (SSSR count). The molecular formula is C25H25FN4O3S. The van der Waals surface area contributed by atoms with Crippen LogP contribution in [0.25, 0.3) is 0 Å². The molecule has 1 fully saturated rings. The van der Waals surface area contributed by atoms with Crippen molar-refractivity contribution >= 4 is 40.4 Å². The fourth-order valence-corrected chi connectivity index (χ4v) is 4.54. The minimum absolute atomic E-state index is 0.142. The van der Waals surface area contributed by atoms with Gasteiger partial charge in [-0.2, -0.15) is 0 Å². The van der Waals surface area contributed by atoms with Crippen LogP contribution in [-0.4, -0.2) is 67.3 Å². The number of anilines is 2. The Kier molecular flexibility index (Phi) is 7.34. The molecule has 0 radical (unpaired) electrons. The number of benzene rings is 2. The van der Waals surface area contributed by atoms with Gasteiger partial charge in [0.05, 0.1) is 22.7 Å². The van der Waals surface area contributed by atoms with Gasteiger partial charge >= 0.3 is 0 Å². The number of carbonyl (C=O) groups is 3. The van der Waals surface area contributed by atoms with Crippen LogP contribution >= 0.6 is 11.3 Å². The number of piperazine rings is 1. The number of hydrogen-bond donors (Lipinski definition) is 1. The molecule has 3 amide bonds. The number of amides is 3. The standard InChI is InChI=1S/C25H25FN4O3S/c1-28(25(33)22-7-4-16-34-22)21-6-3-2-5-20(21)24(32)30-14-12-29(13-15-30)17-23(31)27-19-10-8-18(26)9-11-19/h2-11,16H,12-15,17H2,1H3,(H,27,31). The van der Waals surface area contributed by atoms with E-state index in [1.54, 1.807) is 36.2 Å². The van der Waals surface area contributed by atoms with Crippen molar-refractivity contribution in [3.8, 4) is 0 Å². The molecule has 0 atom stereocenters. The number of carbonyl (C=O) groups excluding carboxylic acids is 3. The lowest BCUT2D eigenvalue weighted by Crippen LogP contribution is -2.50. The van der Waals surface area contributed by atoms with E-state index >= 15 is 0 Å². The predicted molar refractivity (Wildman–Crippen MR) is 131 cm³/mol. The van der Waals surface area contributed by atoms with Crippen molar-refractivity contribution < 1.29 is 18.8 Å². The Morgan fingerprint density at radius 3 is 2.35 bits per heavy atom. The molecule has 3 aromatic rings. The highest BCUT2D eigenvalue weighted by atomic mass is 32.1. The molecule has 1 aliphatic heterocycles. The van der Waals surface area contributed by atoms with Crippen LogP contribution in [0.2, 0.25) is 0 Å². The van der Waals surface area contributed by atoms with E-state index in [1.165, 1.54) is 40.5 Å². The molecule has 0 spiro atoms. The summed E-state index contributed by atoms with van der Waals surface area (Å²) >= 11 is 1.36. The fraction of sp³-hybridized carbons (Fsp3) is 0.240. The number of nitrogens with one attached hydrogen (secondary N) is 1. The lowest BCUT2D eigenvalue weighted by molar-refractivity contribution is -0.117. The van der Waals surface area contributed by atoms with Crippen LogP contribution in [0, 0.1) is 5.82 Å². The summed E-state index contributed by atoms with van der Waals surface area (Å²) in [7, 11) is 1.67. The molecular weight excluding hydrogens is 455 g/mol. The minimum Gasteiger partial charge on any atom is -0.336 e. The zero-order valence-electron chi connectivity index (χ0n) is 18.7. The molecule has 2 aromatic carbocycles. The first kappa shape index (κ1) is 23.6. The van der Waals surface area contributed by atoms with E-state index < -0.39 is 0 Å². The molecule has 1 saturated heterocycles. The Labute approximate surface area is 201 Å². The van der Waals surface area contributed by atoms with Gasteiger partial charge in [-0.25, -0.2) is 4.39 Å². The first-order chi connectivity index (χ1) is 16.4. The van der Waals surface area contributed by atoms with Crippen molar-refractivity contribution in [2.75, 3.05) is 50.0 Å². The fourth-order valence-electron chi connectivity index (χ4n) is 3.84. The molecule has 9 heteroatoms. The Morgan fingerprint density at radius 2 is 1.68 bits per heavy atom. The normalized spacial score (nSPS) is 14.0. The summed E-state index contributed by atoms with van der Waals surface area (Å²) in [6.45, 7) is 2.23. The second-order valence-corrected chi connectivity index (χ2v) is 8.93. The summed E-state index contributed by atoms with van der Waals surface area (Å²) in [6.07, 6.45) is 0. The third-order valence-corrected chi connectivity index (χ3v) is 6.54. The second kappa shape index (κ2) is 10.6. The highest BCUT2D eigenvalue weighted by Crippen LogP contribution is 2.24. The molecule has 0 unspecified atom stereocenters. The van der Waals surface area contributed by atoms with E-state index in [9.17, 15) is 18.8 Å². The van der Waals surface area contributed by atoms with Crippen LogP contribution < -0.4 is 10.2 Å². The lowest BCUT2D eigenvalue weighted by Gasteiger charge is -2.35. The molecule has 1 N–H and O–H groups in total. The molecule has 0 bridgehead atoms. The van der Waals surface area contributed by atoms with Gasteiger partial charge in [0, 0.05) is 38.9 Å². The topological polar surface area (TPSA) is 73.0 Å². The van der Waals surface area contributed by atoms with E-state index in [2.05, 4.69) is 5.32 Å². The highest BCUT2D eigenvalue weighted by molar-refractivity contribution is 7.12. The summed E-state index contributed by atoms with van der Waals surface area (Å²) in [5, 5.41) is 4.60. The van der Waals surface area contributed by atoms with Crippen LogP contribution in [0.1, 0.15) is 20.0 Å². The van der Waals surface area contributed by atoms with Crippen LogP contribution in [0.3, 0.4) is 0 Å². The van der Waals surface area contributed by atoms with E-state index in [-0.39, 0.29) is 30.1 Å². The first-order valence-corrected chi connectivity index (χ1v) is 11.8. The minimum atomic E-state index is -0.359. The molecule has 2 heterocycles. The van der Waals surface area contributed by atoms with Crippen LogP contribution in [0.15, 0.2) is 66.0 Å². The van der Waals surface area contributed by atoms with Crippen molar-refractivity contribution in [3.05, 3.63) is 82.3 Å². The SMILES string of the molecule is CN(C(=O)c1cccs1)c1ccccc1C(=O)N1CCN(CC(=O)Nc2ccc(F)cc2)CC1. The summed E-state index contributed by atoms with van der Waals surface area (Å²) in [4.78, 5) is 44.2. The number of thiophene rings is 1. The Bertz CT molecular complexity index is 1160. The maximum atomic E-state index is 13.3. The molecule has 1 aromatic heterocycles. The van der Waals surface area contributed by atoms with Gasteiger partial charge in [-0.3, -0.25) is 19.3 Å². The Balaban J connectivity index is 1.35. The largest absolute Gasteiger partial charge is 0.336 e. The predicted octanol–water partition coefficient (Wildman–Crippen LogP) is 3.56. The number of nitrogens with zero attached hydrogens (tertiary/aromatic N) is 3. The van der Waals surface area contributed by atoms with Gasteiger partial charge < -0.3 is 15.1 Å². The average Bonchev–Trinajstić information content (AvgIpc) is 3.40. The monoisotopic (exact) mass is 480 g/mol. The Hall–Kier alpha value is -3.56. The van der Waals surface area contributed by atoms with Gasteiger partial charge in [0.1, 0.15) is 5.82 Å². The van der Waals surface area contributed by atoms with Crippen LogP contribution in [0.4, 0.5) is 15.8 Å². The van der Waals surface area contributed by atoms with Gasteiger partial charge in [0.15, 0.2) is 0 Å². The third kappa shape index (κ3) is 5.49. The highest BCUT2D eigenvalue weighted by Gasteiger charge is 2.27. The molecule has 0 aliphatic carbocycles. The summed E-state index contributed by atoms with van der Waals surface area (Å²) < 4.78 is 13.0. The van der Waals surface area contributed by atoms with Gasteiger partial charge in [-0.05, 0) is 47.8 Å². The third-order valence-electron chi connectivity index (χ3n) is 5.69. The van der Waals surface area contributed by atoms with Crippen molar-refractivity contribution in [1.29, 1.82) is 0 Å². The molecule has 34 heavy (non-hydrogen) atoms. The van der Waals surface area contributed by atoms with Crippen LogP contribution in [-0.2, 0) is 4.79 Å². The maximum absolute atomic E-state index is 13.3. The van der Waals surface area contributed by atoms with Crippen molar-refractivity contribution in [3.63, 3.8) is 0 Å². The van der Waals surface area contributed by atoms with Crippen molar-refractivity contribution in [2.24, 2.45) is 0 Å². The van der Waals surface area contributed by atoms with Gasteiger partial charge in [-0.15, -0.1) is 11.3 Å². The van der Waals surface area contributed by atoms with E-state index in [0.717, 1.165) is 0 Å². The molecule has 176 valence electrons. The zero-order chi connectivity index (χ0) is 24.1. The van der Waals surface area contributed by atoms with E-state index in [0.29, 0.717) is 48.0 Å². The quantitative estimate of drug-likeness (QED) is 0.586. The first-order valence-electron chi connectivity index (χ1n) is 10.9. The van der Waals surface area contributed by atoms with Crippen molar-refractivity contribution in [2.45, 2.75) is 0 Å². The molecule has 1 aliphatic rings. The summed E-state index contributed by atoms with van der Waals surface area (Å²) in [6, 6.07) is 16.3. The number of hydrogen-bond acceptors (Lipinski definition) is 5. The maximum Gasteiger partial charge on any atom is 0.268 e.